The molecule has 1 amide bonds. The molecule has 1 aliphatic heterocycles. The molecule has 0 aromatic heterocycles. The van der Waals surface area contributed by atoms with Crippen molar-refractivity contribution < 1.29 is 17.9 Å². The van der Waals surface area contributed by atoms with E-state index in [0.717, 1.165) is 28.8 Å². The van der Waals surface area contributed by atoms with Crippen LogP contribution in [0.5, 0.6) is 0 Å². The van der Waals surface area contributed by atoms with Crippen molar-refractivity contribution in [2.45, 2.75) is 39.0 Å². The fourth-order valence-corrected chi connectivity index (χ4v) is 4.31. The Bertz CT molecular complexity index is 939. The minimum Gasteiger partial charge on any atom is -0.441 e. The van der Waals surface area contributed by atoms with Crippen LogP contribution >= 0.6 is 0 Å². The number of hydrogen-bond acceptors (Lipinski definition) is 4. The quantitative estimate of drug-likeness (QED) is 0.797. The highest BCUT2D eigenvalue weighted by atomic mass is 32.2. The van der Waals surface area contributed by atoms with Crippen LogP contribution in [-0.4, -0.2) is 21.1 Å². The van der Waals surface area contributed by atoms with Crippen LogP contribution in [0.25, 0.3) is 0 Å². The largest absolute Gasteiger partial charge is 0.441 e. The van der Waals surface area contributed by atoms with Gasteiger partial charge >= 0.3 is 6.09 Å². The maximum absolute atomic E-state index is 12.5. The molecule has 0 aliphatic carbocycles. The molecule has 6 nitrogen and oxygen atoms in total. The lowest BCUT2D eigenvalue weighted by atomic mass is 10.0. The van der Waals surface area contributed by atoms with Gasteiger partial charge in [-0.1, -0.05) is 36.8 Å². The predicted molar refractivity (Wildman–Crippen MR) is 106 cm³/mol. The van der Waals surface area contributed by atoms with Crippen molar-refractivity contribution in [3.05, 3.63) is 59.2 Å². The van der Waals surface area contributed by atoms with Gasteiger partial charge in [-0.05, 0) is 44.0 Å². The van der Waals surface area contributed by atoms with Gasteiger partial charge in [-0.25, -0.2) is 13.2 Å². The van der Waals surface area contributed by atoms with E-state index in [-0.39, 0.29) is 11.8 Å². The lowest BCUT2D eigenvalue weighted by Crippen LogP contribution is -2.37. The summed E-state index contributed by atoms with van der Waals surface area (Å²) < 4.78 is 33.0. The first-order valence-electron chi connectivity index (χ1n) is 8.97. The fraction of sp³-hybridized carbons (Fsp3) is 0.350. The molecule has 144 valence electrons. The summed E-state index contributed by atoms with van der Waals surface area (Å²) in [6, 6.07) is 12.6. The third-order valence-electron chi connectivity index (χ3n) is 4.45. The van der Waals surface area contributed by atoms with Gasteiger partial charge in [0.2, 0.25) is 10.0 Å². The first-order chi connectivity index (χ1) is 12.8. The van der Waals surface area contributed by atoms with E-state index in [9.17, 15) is 13.2 Å². The molecular formula is C20H24N2O4S. The molecule has 1 unspecified atom stereocenters. The smallest absolute Gasteiger partial charge is 0.414 e. The van der Waals surface area contributed by atoms with Crippen LogP contribution in [-0.2, 0) is 20.5 Å². The average molecular weight is 388 g/mol. The van der Waals surface area contributed by atoms with E-state index in [1.807, 2.05) is 38.1 Å². The standard InChI is InChI=1S/C20H24N2O4S/c1-4-11-22-19-10-9-17(12-18(19)15(3)26-20(22)23)21-27(24,25)13-16-7-5-14(2)6-8-16/h5-10,12,15,21H,4,11,13H2,1-3H3. The minimum atomic E-state index is -3.55. The number of nitrogens with zero attached hydrogens (tertiary/aromatic N) is 1. The van der Waals surface area contributed by atoms with Crippen LogP contribution in [0.15, 0.2) is 42.5 Å². The van der Waals surface area contributed by atoms with Crippen molar-refractivity contribution in [1.82, 2.24) is 0 Å². The molecule has 0 saturated heterocycles. The Balaban J connectivity index is 1.83. The number of aryl methyl sites for hydroxylation is 1. The van der Waals surface area contributed by atoms with Gasteiger partial charge in [0.05, 0.1) is 11.4 Å². The number of nitrogens with one attached hydrogen (secondary N) is 1. The number of sulfonamides is 1. The van der Waals surface area contributed by atoms with Crippen molar-refractivity contribution in [3.63, 3.8) is 0 Å². The molecule has 0 fully saturated rings. The number of anilines is 2. The summed E-state index contributed by atoms with van der Waals surface area (Å²) in [7, 11) is -3.55. The summed E-state index contributed by atoms with van der Waals surface area (Å²) in [5.41, 5.74) is 3.82. The summed E-state index contributed by atoms with van der Waals surface area (Å²) in [4.78, 5) is 13.7. The summed E-state index contributed by atoms with van der Waals surface area (Å²) in [5, 5.41) is 0. The highest BCUT2D eigenvalue weighted by Gasteiger charge is 2.30. The fourth-order valence-electron chi connectivity index (χ4n) is 3.12. The molecule has 7 heteroatoms. The number of cyclic esters (lactones) is 1. The lowest BCUT2D eigenvalue weighted by Gasteiger charge is -2.32. The third kappa shape index (κ3) is 4.42. The zero-order valence-electron chi connectivity index (χ0n) is 15.7. The lowest BCUT2D eigenvalue weighted by molar-refractivity contribution is 0.108. The molecule has 0 spiro atoms. The second kappa shape index (κ2) is 7.60. The molecule has 1 N–H and O–H groups in total. The first-order valence-corrected chi connectivity index (χ1v) is 10.6. The van der Waals surface area contributed by atoms with Crippen molar-refractivity contribution in [1.29, 1.82) is 0 Å². The summed E-state index contributed by atoms with van der Waals surface area (Å²) >= 11 is 0. The second-order valence-corrected chi connectivity index (χ2v) is 8.52. The van der Waals surface area contributed by atoms with Crippen LogP contribution < -0.4 is 9.62 Å². The van der Waals surface area contributed by atoms with Crippen LogP contribution in [0.4, 0.5) is 16.2 Å². The molecule has 1 atom stereocenters. The molecule has 2 aromatic rings. The van der Waals surface area contributed by atoms with E-state index in [2.05, 4.69) is 4.72 Å². The van der Waals surface area contributed by atoms with Crippen LogP contribution in [0.1, 0.15) is 43.1 Å². The van der Waals surface area contributed by atoms with Crippen LogP contribution in [0.3, 0.4) is 0 Å². The zero-order valence-corrected chi connectivity index (χ0v) is 16.5. The number of benzene rings is 2. The maximum atomic E-state index is 12.5. The Morgan fingerprint density at radius 2 is 1.85 bits per heavy atom. The van der Waals surface area contributed by atoms with E-state index in [4.69, 9.17) is 4.74 Å². The normalized spacial score (nSPS) is 16.6. The summed E-state index contributed by atoms with van der Waals surface area (Å²) in [5.74, 6) is -0.100. The number of fused-ring (bicyclic) bond motifs is 1. The van der Waals surface area contributed by atoms with Crippen molar-refractivity contribution in [2.24, 2.45) is 0 Å². The highest BCUT2D eigenvalue weighted by molar-refractivity contribution is 7.91. The topological polar surface area (TPSA) is 75.7 Å². The molecule has 3 rings (SSSR count). The molecular weight excluding hydrogens is 364 g/mol. The Kier molecular flexibility index (Phi) is 5.41. The summed E-state index contributed by atoms with van der Waals surface area (Å²) in [6.45, 7) is 6.28. The Hall–Kier alpha value is -2.54. The Morgan fingerprint density at radius 3 is 2.52 bits per heavy atom. The number of carbonyl (C=O) groups is 1. The average Bonchev–Trinajstić information content (AvgIpc) is 2.60. The number of rotatable bonds is 6. The number of ether oxygens (including phenoxy) is 1. The zero-order chi connectivity index (χ0) is 19.6. The molecule has 0 bridgehead atoms. The van der Waals surface area contributed by atoms with E-state index in [0.29, 0.717) is 12.2 Å². The SMILES string of the molecule is CCCN1C(=O)OC(C)c2cc(NS(=O)(=O)Cc3ccc(C)cc3)ccc21. The highest BCUT2D eigenvalue weighted by Crippen LogP contribution is 2.36. The third-order valence-corrected chi connectivity index (χ3v) is 5.71. The summed E-state index contributed by atoms with van der Waals surface area (Å²) in [6.07, 6.45) is 0.000114. The molecule has 1 heterocycles. The Morgan fingerprint density at radius 1 is 1.15 bits per heavy atom. The Labute approximate surface area is 160 Å². The van der Waals surface area contributed by atoms with Gasteiger partial charge in [-0.15, -0.1) is 0 Å². The van der Waals surface area contributed by atoms with Gasteiger partial charge in [0.1, 0.15) is 6.10 Å². The van der Waals surface area contributed by atoms with Crippen LogP contribution in [0, 0.1) is 6.92 Å². The monoisotopic (exact) mass is 388 g/mol. The van der Waals surface area contributed by atoms with Crippen molar-refractivity contribution in [3.8, 4) is 0 Å². The van der Waals surface area contributed by atoms with E-state index >= 15 is 0 Å². The van der Waals surface area contributed by atoms with Gasteiger partial charge in [0.15, 0.2) is 0 Å². The first kappa shape index (κ1) is 19.2. The van der Waals surface area contributed by atoms with E-state index in [1.165, 1.54) is 0 Å². The van der Waals surface area contributed by atoms with Crippen molar-refractivity contribution in [2.75, 3.05) is 16.2 Å². The molecule has 27 heavy (non-hydrogen) atoms. The second-order valence-electron chi connectivity index (χ2n) is 6.80. The van der Waals surface area contributed by atoms with Gasteiger partial charge in [-0.3, -0.25) is 9.62 Å². The molecule has 2 aromatic carbocycles. The van der Waals surface area contributed by atoms with E-state index in [1.54, 1.807) is 30.0 Å². The predicted octanol–water partition coefficient (Wildman–Crippen LogP) is 4.36. The number of carbonyl (C=O) groups excluding carboxylic acids is 1. The number of hydrogen-bond donors (Lipinski definition) is 1. The number of amides is 1. The van der Waals surface area contributed by atoms with Gasteiger partial charge in [-0.2, -0.15) is 0 Å². The maximum Gasteiger partial charge on any atom is 0.414 e. The molecule has 1 aliphatic rings. The molecule has 0 saturated carbocycles. The van der Waals surface area contributed by atoms with Gasteiger partial charge < -0.3 is 4.74 Å². The molecule has 0 radical (unpaired) electrons. The van der Waals surface area contributed by atoms with Crippen LogP contribution in [0.2, 0.25) is 0 Å². The van der Waals surface area contributed by atoms with Gasteiger partial charge in [0, 0.05) is 17.8 Å². The van der Waals surface area contributed by atoms with Crippen molar-refractivity contribution >= 4 is 27.5 Å². The van der Waals surface area contributed by atoms with Gasteiger partial charge in [0.25, 0.3) is 0 Å². The van der Waals surface area contributed by atoms with E-state index < -0.39 is 16.1 Å². The minimum absolute atomic E-state index is 0.100.